The van der Waals surface area contributed by atoms with E-state index in [9.17, 15) is 0 Å². The third kappa shape index (κ3) is 1.51. The van der Waals surface area contributed by atoms with E-state index >= 15 is 0 Å². The van der Waals surface area contributed by atoms with Crippen LogP contribution in [0.25, 0.3) is 0 Å². The van der Waals surface area contributed by atoms with Crippen molar-refractivity contribution in [3.05, 3.63) is 12.7 Å². The molecule has 1 rings (SSSR count). The third-order valence-corrected chi connectivity index (χ3v) is 1.44. The molecule has 1 aliphatic heterocycles. The summed E-state index contributed by atoms with van der Waals surface area (Å²) in [5, 5.41) is 15.3. The zero-order valence-electron chi connectivity index (χ0n) is 5.30. The molecule has 3 nitrogen and oxygen atoms in total. The van der Waals surface area contributed by atoms with E-state index in [2.05, 4.69) is 17.2 Å². The minimum atomic E-state index is -0.465. The Hall–Kier alpha value is -0.380. The molecule has 1 saturated heterocycles. The zero-order chi connectivity index (χ0) is 6.69. The van der Waals surface area contributed by atoms with E-state index in [0.29, 0.717) is 0 Å². The molecule has 0 amide bonds. The smallest absolute Gasteiger partial charge is 0.100 e. The summed E-state index contributed by atoms with van der Waals surface area (Å²) in [6.07, 6.45) is 1.07. The van der Waals surface area contributed by atoms with Crippen molar-refractivity contribution in [2.75, 3.05) is 13.1 Å². The minimum Gasteiger partial charge on any atom is -0.386 e. The summed E-state index contributed by atoms with van der Waals surface area (Å²) in [6, 6.07) is 0. The number of aliphatic hydroxyl groups is 1. The van der Waals surface area contributed by atoms with Crippen molar-refractivity contribution in [3.63, 3.8) is 0 Å². The first-order chi connectivity index (χ1) is 4.34. The van der Waals surface area contributed by atoms with E-state index in [-0.39, 0.29) is 6.17 Å². The molecule has 1 aliphatic rings. The SMILES string of the molecule is C=CC(O)C1NCCN1. The summed E-state index contributed by atoms with van der Waals surface area (Å²) in [6.45, 7) is 5.33. The Balaban J connectivity index is 2.32. The molecule has 0 spiro atoms. The van der Waals surface area contributed by atoms with E-state index < -0.39 is 6.10 Å². The predicted octanol–water partition coefficient (Wildman–Crippen LogP) is -0.948. The fourth-order valence-electron chi connectivity index (χ4n) is 0.905. The quantitative estimate of drug-likeness (QED) is 0.420. The van der Waals surface area contributed by atoms with Crippen LogP contribution in [0.15, 0.2) is 12.7 Å². The van der Waals surface area contributed by atoms with Crippen molar-refractivity contribution < 1.29 is 5.11 Å². The molecule has 1 unspecified atom stereocenters. The van der Waals surface area contributed by atoms with Crippen LogP contribution in [0, 0.1) is 0 Å². The highest BCUT2D eigenvalue weighted by atomic mass is 16.3. The van der Waals surface area contributed by atoms with Gasteiger partial charge in [-0.1, -0.05) is 6.08 Å². The lowest BCUT2D eigenvalue weighted by Crippen LogP contribution is -2.41. The maximum absolute atomic E-state index is 9.11. The number of rotatable bonds is 2. The molecule has 3 heteroatoms. The molecular formula is C6H12N2O. The number of nitrogens with one attached hydrogen (secondary N) is 2. The van der Waals surface area contributed by atoms with E-state index in [1.54, 1.807) is 0 Å². The molecule has 1 atom stereocenters. The summed E-state index contributed by atoms with van der Waals surface area (Å²) < 4.78 is 0. The van der Waals surface area contributed by atoms with E-state index in [4.69, 9.17) is 5.11 Å². The first kappa shape index (κ1) is 6.74. The summed E-state index contributed by atoms with van der Waals surface area (Å²) in [5.41, 5.74) is 0. The molecule has 0 bridgehead atoms. The lowest BCUT2D eigenvalue weighted by atomic mass is 10.3. The Labute approximate surface area is 54.8 Å². The van der Waals surface area contributed by atoms with Gasteiger partial charge >= 0.3 is 0 Å². The van der Waals surface area contributed by atoms with Crippen molar-refractivity contribution in [2.45, 2.75) is 12.3 Å². The summed E-state index contributed by atoms with van der Waals surface area (Å²) in [7, 11) is 0. The van der Waals surface area contributed by atoms with Gasteiger partial charge in [-0.05, 0) is 0 Å². The summed E-state index contributed by atoms with van der Waals surface area (Å²) in [4.78, 5) is 0. The lowest BCUT2D eigenvalue weighted by molar-refractivity contribution is 0.172. The first-order valence-corrected chi connectivity index (χ1v) is 3.12. The van der Waals surface area contributed by atoms with Crippen LogP contribution in [-0.4, -0.2) is 30.5 Å². The van der Waals surface area contributed by atoms with Gasteiger partial charge in [0, 0.05) is 13.1 Å². The molecule has 0 aromatic heterocycles. The fourth-order valence-corrected chi connectivity index (χ4v) is 0.905. The molecule has 3 N–H and O–H groups in total. The minimum absolute atomic E-state index is 0.0162. The van der Waals surface area contributed by atoms with Crippen molar-refractivity contribution in [2.24, 2.45) is 0 Å². The van der Waals surface area contributed by atoms with Crippen LogP contribution in [0.5, 0.6) is 0 Å². The van der Waals surface area contributed by atoms with Crippen molar-refractivity contribution >= 4 is 0 Å². The molecule has 0 aliphatic carbocycles. The van der Waals surface area contributed by atoms with Crippen LogP contribution >= 0.6 is 0 Å². The first-order valence-electron chi connectivity index (χ1n) is 3.12. The van der Waals surface area contributed by atoms with E-state index in [0.717, 1.165) is 13.1 Å². The lowest BCUT2D eigenvalue weighted by Gasteiger charge is -2.13. The van der Waals surface area contributed by atoms with Gasteiger partial charge in [0.25, 0.3) is 0 Å². The highest BCUT2D eigenvalue weighted by molar-refractivity contribution is 4.90. The topological polar surface area (TPSA) is 44.3 Å². The Bertz CT molecular complexity index is 99.2. The average Bonchev–Trinajstić information content (AvgIpc) is 2.37. The number of aliphatic hydroxyl groups excluding tert-OH is 1. The summed E-state index contributed by atoms with van der Waals surface area (Å²) in [5.74, 6) is 0. The molecule has 0 aromatic carbocycles. The van der Waals surface area contributed by atoms with Crippen molar-refractivity contribution in [1.29, 1.82) is 0 Å². The van der Waals surface area contributed by atoms with Crippen molar-refractivity contribution in [3.8, 4) is 0 Å². The molecule has 52 valence electrons. The van der Waals surface area contributed by atoms with Crippen LogP contribution in [0.4, 0.5) is 0 Å². The number of hydrogen-bond donors (Lipinski definition) is 3. The van der Waals surface area contributed by atoms with E-state index in [1.807, 2.05) is 0 Å². The second-order valence-electron chi connectivity index (χ2n) is 2.11. The molecule has 9 heavy (non-hydrogen) atoms. The van der Waals surface area contributed by atoms with Gasteiger partial charge < -0.3 is 5.11 Å². The molecule has 0 radical (unpaired) electrons. The molecule has 0 aromatic rings. The Morgan fingerprint density at radius 3 is 2.56 bits per heavy atom. The Morgan fingerprint density at radius 1 is 1.56 bits per heavy atom. The average molecular weight is 128 g/mol. The molecule has 1 heterocycles. The second kappa shape index (κ2) is 2.96. The van der Waals surface area contributed by atoms with Gasteiger partial charge in [-0.15, -0.1) is 6.58 Å². The second-order valence-corrected chi connectivity index (χ2v) is 2.11. The van der Waals surface area contributed by atoms with Crippen molar-refractivity contribution in [1.82, 2.24) is 10.6 Å². The van der Waals surface area contributed by atoms with Gasteiger partial charge in [0.2, 0.25) is 0 Å². The Kier molecular flexibility index (Phi) is 2.22. The maximum Gasteiger partial charge on any atom is 0.100 e. The predicted molar refractivity (Wildman–Crippen MR) is 36.0 cm³/mol. The van der Waals surface area contributed by atoms with Crippen LogP contribution in [0.1, 0.15) is 0 Å². The van der Waals surface area contributed by atoms with Gasteiger partial charge in [0.15, 0.2) is 0 Å². The maximum atomic E-state index is 9.11. The van der Waals surface area contributed by atoms with Gasteiger partial charge in [-0.25, -0.2) is 0 Å². The standard InChI is InChI=1S/C6H12N2O/c1-2-5(9)6-7-3-4-8-6/h2,5-9H,1,3-4H2. The van der Waals surface area contributed by atoms with Gasteiger partial charge in [0.05, 0.1) is 6.17 Å². The molecule has 1 fully saturated rings. The third-order valence-electron chi connectivity index (χ3n) is 1.44. The van der Waals surface area contributed by atoms with Crippen LogP contribution in [-0.2, 0) is 0 Å². The van der Waals surface area contributed by atoms with Gasteiger partial charge in [0.1, 0.15) is 6.10 Å². The molecule has 0 saturated carbocycles. The van der Waals surface area contributed by atoms with Gasteiger partial charge in [-0.2, -0.15) is 0 Å². The summed E-state index contributed by atoms with van der Waals surface area (Å²) >= 11 is 0. The van der Waals surface area contributed by atoms with Crippen LogP contribution < -0.4 is 10.6 Å². The zero-order valence-corrected chi connectivity index (χ0v) is 5.30. The fraction of sp³-hybridized carbons (Fsp3) is 0.667. The molecular weight excluding hydrogens is 116 g/mol. The monoisotopic (exact) mass is 128 g/mol. The van der Waals surface area contributed by atoms with E-state index in [1.165, 1.54) is 6.08 Å². The largest absolute Gasteiger partial charge is 0.386 e. The highest BCUT2D eigenvalue weighted by Gasteiger charge is 2.18. The Morgan fingerprint density at radius 2 is 2.11 bits per heavy atom. The normalized spacial score (nSPS) is 24.1. The van der Waals surface area contributed by atoms with Crippen LogP contribution in [0.3, 0.4) is 0 Å². The highest BCUT2D eigenvalue weighted by Crippen LogP contribution is 1.93. The van der Waals surface area contributed by atoms with Crippen LogP contribution in [0.2, 0.25) is 0 Å². The van der Waals surface area contributed by atoms with Gasteiger partial charge in [-0.3, -0.25) is 10.6 Å². The number of hydrogen-bond acceptors (Lipinski definition) is 3.